The molecule has 0 aliphatic carbocycles. The van der Waals surface area contributed by atoms with Crippen molar-refractivity contribution in [3.8, 4) is 62.1 Å². The molecule has 6 heteroatoms. The second-order valence-corrected chi connectivity index (χ2v) is 17.1. The van der Waals surface area contributed by atoms with Gasteiger partial charge in [0.2, 0.25) is 0 Å². The van der Waals surface area contributed by atoms with Crippen LogP contribution in [0.25, 0.3) is 126 Å². The quantitative estimate of drug-likeness (QED) is 0.168. The van der Waals surface area contributed by atoms with E-state index in [4.69, 9.17) is 19.4 Å². The monoisotopic (exact) mass is 822 g/mol. The molecule has 0 unspecified atom stereocenters. The van der Waals surface area contributed by atoms with Crippen LogP contribution in [0.5, 0.6) is 0 Å². The predicted octanol–water partition coefficient (Wildman–Crippen LogP) is 15.6. The number of fused-ring (bicyclic) bond motifs is 9. The fourth-order valence-corrected chi connectivity index (χ4v) is 10.4. The van der Waals surface area contributed by atoms with E-state index in [1.54, 1.807) is 11.3 Å². The van der Waals surface area contributed by atoms with E-state index in [0.717, 1.165) is 60.8 Å². The molecule has 0 saturated carbocycles. The second kappa shape index (κ2) is 14.2. The highest BCUT2D eigenvalue weighted by Gasteiger charge is 2.20. The smallest absolute Gasteiger partial charge is 0.164 e. The molecule has 9 aromatic carbocycles. The zero-order chi connectivity index (χ0) is 41.4. The van der Waals surface area contributed by atoms with Gasteiger partial charge in [-0.3, -0.25) is 0 Å². The number of benzene rings is 9. The van der Waals surface area contributed by atoms with Gasteiger partial charge in [-0.2, -0.15) is 0 Å². The van der Waals surface area contributed by atoms with Crippen LogP contribution in [0.3, 0.4) is 0 Å². The minimum atomic E-state index is 0.589. The van der Waals surface area contributed by atoms with Crippen LogP contribution in [-0.2, 0) is 0 Å². The largest absolute Gasteiger partial charge is 0.456 e. The molecule has 0 aliphatic rings. The summed E-state index contributed by atoms with van der Waals surface area (Å²) in [5, 5.41) is 6.91. The summed E-state index contributed by atoms with van der Waals surface area (Å²) in [6, 6.07) is 72.8. The highest BCUT2D eigenvalue weighted by Crippen LogP contribution is 2.43. The van der Waals surface area contributed by atoms with Gasteiger partial charge in [-0.1, -0.05) is 133 Å². The van der Waals surface area contributed by atoms with Crippen LogP contribution in [0.4, 0.5) is 0 Å². The molecule has 0 radical (unpaired) electrons. The maximum atomic E-state index is 6.47. The second-order valence-electron chi connectivity index (χ2n) is 16.0. The Morgan fingerprint density at radius 2 is 0.968 bits per heavy atom. The molecule has 4 heterocycles. The summed E-state index contributed by atoms with van der Waals surface area (Å²) in [6.45, 7) is 0. The Bertz CT molecular complexity index is 3910. The minimum absolute atomic E-state index is 0.589. The van der Waals surface area contributed by atoms with E-state index in [2.05, 4.69) is 187 Å². The molecule has 0 atom stereocenters. The molecule has 4 aromatic heterocycles. The van der Waals surface area contributed by atoms with Crippen molar-refractivity contribution in [1.29, 1.82) is 0 Å². The summed E-state index contributed by atoms with van der Waals surface area (Å²) in [7, 11) is 0. The molecule has 5 nitrogen and oxygen atoms in total. The molecule has 0 fully saturated rings. The van der Waals surface area contributed by atoms with Gasteiger partial charge in [0, 0.05) is 64.1 Å². The van der Waals surface area contributed by atoms with Gasteiger partial charge >= 0.3 is 0 Å². The molecular formula is C57H34N4OS. The van der Waals surface area contributed by atoms with Crippen LogP contribution < -0.4 is 0 Å². The Morgan fingerprint density at radius 3 is 1.79 bits per heavy atom. The first-order valence-corrected chi connectivity index (χ1v) is 21.9. The maximum absolute atomic E-state index is 6.47. The lowest BCUT2D eigenvalue weighted by Gasteiger charge is -2.10. The number of rotatable bonds is 6. The Balaban J connectivity index is 0.956. The number of aromatic nitrogens is 4. The SMILES string of the molecule is c1ccc(-c2ccc3oc4cc(-c5nc(-c6ccccc6)nc(-c6cccc7sc8ccc(-c9ccc%10c(c9)c9ccccc9n%10-c9ccccc9)cc8c67)n5)ccc4c3c2)cc1. The summed E-state index contributed by atoms with van der Waals surface area (Å²) in [6.07, 6.45) is 0. The van der Waals surface area contributed by atoms with Gasteiger partial charge in [-0.25, -0.2) is 15.0 Å². The molecule has 0 bridgehead atoms. The summed E-state index contributed by atoms with van der Waals surface area (Å²) >= 11 is 1.80. The van der Waals surface area contributed by atoms with Crippen LogP contribution in [0.2, 0.25) is 0 Å². The summed E-state index contributed by atoms with van der Waals surface area (Å²) < 4.78 is 11.2. The van der Waals surface area contributed by atoms with Crippen LogP contribution in [0.1, 0.15) is 0 Å². The number of para-hydroxylation sites is 2. The van der Waals surface area contributed by atoms with Gasteiger partial charge in [0.05, 0.1) is 11.0 Å². The number of nitrogens with zero attached hydrogens (tertiary/aromatic N) is 4. The van der Waals surface area contributed by atoms with Crippen LogP contribution in [0, 0.1) is 0 Å². The van der Waals surface area contributed by atoms with Crippen molar-refractivity contribution >= 4 is 75.3 Å². The first kappa shape index (κ1) is 35.6. The number of furan rings is 1. The number of hydrogen-bond acceptors (Lipinski definition) is 5. The molecule has 0 amide bonds. The van der Waals surface area contributed by atoms with E-state index in [1.807, 2.05) is 24.3 Å². The molecule has 0 saturated heterocycles. The first-order chi connectivity index (χ1) is 31.2. The molecule has 0 spiro atoms. The van der Waals surface area contributed by atoms with Crippen molar-refractivity contribution < 1.29 is 4.42 Å². The van der Waals surface area contributed by atoms with Gasteiger partial charge in [0.15, 0.2) is 17.5 Å². The van der Waals surface area contributed by atoms with E-state index in [1.165, 1.54) is 47.7 Å². The third-order valence-corrected chi connectivity index (χ3v) is 13.4. The molecule has 63 heavy (non-hydrogen) atoms. The molecule has 0 aliphatic heterocycles. The van der Waals surface area contributed by atoms with Crippen molar-refractivity contribution in [2.45, 2.75) is 0 Å². The standard InChI is InChI=1S/C57H34N4OS/c1-4-13-35(14-5-1)37-25-29-50-46(32-37)43-27-23-40(34-51(43)62-50)56-58-55(36-15-6-2-7-16-36)59-57(60-56)44-20-12-22-53-54(44)47-33-39(26-30-52(47)63-53)38-24-28-49-45(31-38)42-19-10-11-21-48(42)61(49)41-17-8-3-9-18-41/h1-34H. The zero-order valence-electron chi connectivity index (χ0n) is 33.7. The van der Waals surface area contributed by atoms with Gasteiger partial charge in [0.25, 0.3) is 0 Å². The summed E-state index contributed by atoms with van der Waals surface area (Å²) in [5.74, 6) is 1.83. The van der Waals surface area contributed by atoms with Crippen molar-refractivity contribution in [3.63, 3.8) is 0 Å². The Kier molecular flexibility index (Phi) is 8.01. The lowest BCUT2D eigenvalue weighted by molar-refractivity contribution is 0.669. The normalized spacial score (nSPS) is 11.8. The van der Waals surface area contributed by atoms with Gasteiger partial charge < -0.3 is 8.98 Å². The van der Waals surface area contributed by atoms with E-state index < -0.39 is 0 Å². The van der Waals surface area contributed by atoms with Crippen molar-refractivity contribution in [2.24, 2.45) is 0 Å². The van der Waals surface area contributed by atoms with Gasteiger partial charge in [-0.15, -0.1) is 11.3 Å². The fourth-order valence-electron chi connectivity index (χ4n) is 9.27. The fraction of sp³-hybridized carbons (Fsp3) is 0. The van der Waals surface area contributed by atoms with Crippen LogP contribution in [-0.4, -0.2) is 19.5 Å². The Hall–Kier alpha value is -8.19. The average molecular weight is 823 g/mol. The average Bonchev–Trinajstić information content (AvgIpc) is 4.03. The molecular weight excluding hydrogens is 789 g/mol. The lowest BCUT2D eigenvalue weighted by atomic mass is 9.99. The van der Waals surface area contributed by atoms with E-state index in [0.29, 0.717) is 17.5 Å². The van der Waals surface area contributed by atoms with E-state index in [9.17, 15) is 0 Å². The third-order valence-electron chi connectivity index (χ3n) is 12.3. The van der Waals surface area contributed by atoms with Crippen molar-refractivity contribution in [1.82, 2.24) is 19.5 Å². The number of thiophene rings is 1. The third kappa shape index (κ3) is 5.87. The molecule has 294 valence electrons. The first-order valence-electron chi connectivity index (χ1n) is 21.1. The highest BCUT2D eigenvalue weighted by molar-refractivity contribution is 7.26. The zero-order valence-corrected chi connectivity index (χ0v) is 34.6. The topological polar surface area (TPSA) is 56.7 Å². The Labute approximate surface area is 365 Å². The van der Waals surface area contributed by atoms with E-state index >= 15 is 0 Å². The molecule has 13 aromatic rings. The Morgan fingerprint density at radius 1 is 0.349 bits per heavy atom. The molecule has 0 N–H and O–H groups in total. The van der Waals surface area contributed by atoms with Gasteiger partial charge in [0.1, 0.15) is 11.2 Å². The lowest BCUT2D eigenvalue weighted by Crippen LogP contribution is -2.00. The summed E-state index contributed by atoms with van der Waals surface area (Å²) in [4.78, 5) is 15.6. The van der Waals surface area contributed by atoms with E-state index in [-0.39, 0.29) is 0 Å². The van der Waals surface area contributed by atoms with Gasteiger partial charge in [-0.05, 0) is 95.1 Å². The van der Waals surface area contributed by atoms with Crippen molar-refractivity contribution in [2.75, 3.05) is 0 Å². The molecule has 13 rings (SSSR count). The van der Waals surface area contributed by atoms with Crippen molar-refractivity contribution in [3.05, 3.63) is 206 Å². The number of hydrogen-bond donors (Lipinski definition) is 0. The summed E-state index contributed by atoms with van der Waals surface area (Å²) in [5.41, 5.74) is 12.6. The van der Waals surface area contributed by atoms with Crippen LogP contribution in [0.15, 0.2) is 211 Å². The highest BCUT2D eigenvalue weighted by atomic mass is 32.1. The maximum Gasteiger partial charge on any atom is 0.164 e. The predicted molar refractivity (Wildman–Crippen MR) is 262 cm³/mol. The minimum Gasteiger partial charge on any atom is -0.456 e. The van der Waals surface area contributed by atoms with Crippen LogP contribution >= 0.6 is 11.3 Å².